The highest BCUT2D eigenvalue weighted by atomic mass is 35.5. The predicted octanol–water partition coefficient (Wildman–Crippen LogP) is 4.18. The number of hydrogen-bond donors (Lipinski definition) is 0. The van der Waals surface area contributed by atoms with Crippen LogP contribution in [0.2, 0.25) is 5.02 Å². The third-order valence-corrected chi connectivity index (χ3v) is 4.85. The minimum atomic E-state index is -0.761. The molecule has 0 spiro atoms. The molecule has 3 aromatic rings. The monoisotopic (exact) mass is 419 g/mol. The highest BCUT2D eigenvalue weighted by Gasteiger charge is 2.37. The zero-order valence-electron chi connectivity index (χ0n) is 15.5. The van der Waals surface area contributed by atoms with E-state index < -0.39 is 24.4 Å². The molecule has 0 unspecified atom stereocenters. The quantitative estimate of drug-likeness (QED) is 0.352. The van der Waals surface area contributed by atoms with E-state index in [1.54, 1.807) is 48.5 Å². The summed E-state index contributed by atoms with van der Waals surface area (Å²) in [4.78, 5) is 50.9. The third-order valence-electron chi connectivity index (χ3n) is 4.62. The Labute approximate surface area is 176 Å². The Morgan fingerprint density at radius 1 is 0.800 bits per heavy atom. The molecule has 0 N–H and O–H groups in total. The van der Waals surface area contributed by atoms with Crippen LogP contribution in [0.4, 0.5) is 5.69 Å². The van der Waals surface area contributed by atoms with Crippen LogP contribution >= 0.6 is 11.6 Å². The van der Waals surface area contributed by atoms with E-state index in [0.717, 1.165) is 4.90 Å². The lowest BCUT2D eigenvalue weighted by molar-refractivity contribution is 0.0474. The lowest BCUT2D eigenvalue weighted by Crippen LogP contribution is -2.29. The molecule has 0 aliphatic carbocycles. The summed E-state index contributed by atoms with van der Waals surface area (Å²) in [5, 5.41) is 0.386. The number of imide groups is 1. The average molecular weight is 420 g/mol. The summed E-state index contributed by atoms with van der Waals surface area (Å²) in [6, 6.07) is 18.9. The van der Waals surface area contributed by atoms with Crippen molar-refractivity contribution >= 4 is 40.9 Å². The van der Waals surface area contributed by atoms with Crippen molar-refractivity contribution in [1.29, 1.82) is 0 Å². The molecule has 6 nitrogen and oxygen atoms in total. The van der Waals surface area contributed by atoms with Gasteiger partial charge in [0.2, 0.25) is 0 Å². The Morgan fingerprint density at radius 2 is 1.53 bits per heavy atom. The van der Waals surface area contributed by atoms with E-state index in [2.05, 4.69) is 0 Å². The Balaban J connectivity index is 1.52. The van der Waals surface area contributed by atoms with Crippen LogP contribution in [0, 0.1) is 0 Å². The maximum absolute atomic E-state index is 12.8. The number of fused-ring (bicyclic) bond motifs is 1. The van der Waals surface area contributed by atoms with Crippen molar-refractivity contribution in [3.63, 3.8) is 0 Å². The lowest BCUT2D eigenvalue weighted by atomic mass is 10.1. The zero-order valence-corrected chi connectivity index (χ0v) is 16.3. The SMILES string of the molecule is O=C(COC(=O)c1ccc2c(c1)C(=O)N(c1cccc(Cl)c1)C2=O)c1ccccc1. The number of ketones is 1. The molecule has 0 bridgehead atoms. The first kappa shape index (κ1) is 19.5. The number of amides is 2. The van der Waals surface area contributed by atoms with Crippen LogP contribution in [0.25, 0.3) is 0 Å². The fourth-order valence-corrected chi connectivity index (χ4v) is 3.32. The maximum Gasteiger partial charge on any atom is 0.338 e. The maximum atomic E-state index is 12.8. The zero-order chi connectivity index (χ0) is 21.3. The molecule has 4 rings (SSSR count). The first-order valence-electron chi connectivity index (χ1n) is 8.99. The van der Waals surface area contributed by atoms with Crippen molar-refractivity contribution in [2.75, 3.05) is 11.5 Å². The minimum absolute atomic E-state index is 0.0729. The Bertz CT molecular complexity index is 1190. The molecule has 2 amide bonds. The van der Waals surface area contributed by atoms with Crippen molar-refractivity contribution in [2.24, 2.45) is 0 Å². The number of halogens is 1. The molecule has 0 atom stereocenters. The van der Waals surface area contributed by atoms with Gasteiger partial charge >= 0.3 is 5.97 Å². The molecule has 1 aliphatic rings. The van der Waals surface area contributed by atoms with Gasteiger partial charge in [0.05, 0.1) is 22.4 Å². The van der Waals surface area contributed by atoms with Gasteiger partial charge in [-0.15, -0.1) is 0 Å². The van der Waals surface area contributed by atoms with Crippen LogP contribution in [0.15, 0.2) is 72.8 Å². The van der Waals surface area contributed by atoms with E-state index >= 15 is 0 Å². The normalized spacial score (nSPS) is 12.6. The van der Waals surface area contributed by atoms with Gasteiger partial charge in [-0.2, -0.15) is 0 Å². The molecule has 1 heterocycles. The molecular formula is C23H14ClNO5. The standard InChI is InChI=1S/C23H14ClNO5/c24-16-7-4-8-17(12-16)25-21(27)18-10-9-15(11-19(18)22(25)28)23(29)30-13-20(26)14-5-2-1-3-6-14/h1-12H,13H2. The summed E-state index contributed by atoms with van der Waals surface area (Å²) < 4.78 is 5.08. The number of ether oxygens (including phenoxy) is 1. The summed E-state index contributed by atoms with van der Waals surface area (Å²) in [7, 11) is 0. The van der Waals surface area contributed by atoms with Crippen LogP contribution in [-0.2, 0) is 4.74 Å². The minimum Gasteiger partial charge on any atom is -0.454 e. The van der Waals surface area contributed by atoms with Crippen LogP contribution in [0.3, 0.4) is 0 Å². The van der Waals surface area contributed by atoms with Gasteiger partial charge < -0.3 is 4.74 Å². The number of carbonyl (C=O) groups is 4. The van der Waals surface area contributed by atoms with E-state index in [9.17, 15) is 19.2 Å². The van der Waals surface area contributed by atoms with E-state index in [4.69, 9.17) is 16.3 Å². The highest BCUT2D eigenvalue weighted by Crippen LogP contribution is 2.30. The second-order valence-corrected chi connectivity index (χ2v) is 6.99. The second-order valence-electron chi connectivity index (χ2n) is 6.55. The molecule has 1 aliphatic heterocycles. The van der Waals surface area contributed by atoms with Gasteiger partial charge in [-0.25, -0.2) is 9.69 Å². The van der Waals surface area contributed by atoms with Crippen molar-refractivity contribution in [1.82, 2.24) is 0 Å². The largest absolute Gasteiger partial charge is 0.454 e. The van der Waals surface area contributed by atoms with Crippen molar-refractivity contribution in [3.05, 3.63) is 100 Å². The molecule has 0 saturated carbocycles. The number of nitrogens with zero attached hydrogens (tertiary/aromatic N) is 1. The van der Waals surface area contributed by atoms with Gasteiger partial charge in [-0.3, -0.25) is 14.4 Å². The van der Waals surface area contributed by atoms with Gasteiger partial charge in [0.1, 0.15) is 0 Å². The van der Waals surface area contributed by atoms with Crippen molar-refractivity contribution in [2.45, 2.75) is 0 Å². The molecule has 3 aromatic carbocycles. The van der Waals surface area contributed by atoms with E-state index in [0.29, 0.717) is 16.3 Å². The first-order chi connectivity index (χ1) is 14.5. The molecule has 7 heteroatoms. The molecule has 0 saturated heterocycles. The first-order valence-corrected chi connectivity index (χ1v) is 9.37. The van der Waals surface area contributed by atoms with Crippen LogP contribution in [0.5, 0.6) is 0 Å². The number of Topliss-reactive ketones (excluding diaryl/α,β-unsaturated/α-hetero) is 1. The van der Waals surface area contributed by atoms with E-state index in [-0.39, 0.29) is 22.5 Å². The number of esters is 1. The smallest absolute Gasteiger partial charge is 0.338 e. The van der Waals surface area contributed by atoms with E-state index in [1.807, 2.05) is 0 Å². The van der Waals surface area contributed by atoms with Crippen LogP contribution < -0.4 is 4.90 Å². The Kier molecular flexibility index (Phi) is 5.16. The Hall–Kier alpha value is -3.77. The predicted molar refractivity (Wildman–Crippen MR) is 110 cm³/mol. The van der Waals surface area contributed by atoms with Crippen LogP contribution in [-0.4, -0.2) is 30.2 Å². The molecule has 148 valence electrons. The second kappa shape index (κ2) is 7.93. The summed E-state index contributed by atoms with van der Waals surface area (Å²) in [6.07, 6.45) is 0. The fraction of sp³-hybridized carbons (Fsp3) is 0.0435. The highest BCUT2D eigenvalue weighted by molar-refractivity contribution is 6.35. The molecule has 30 heavy (non-hydrogen) atoms. The topological polar surface area (TPSA) is 80.8 Å². The van der Waals surface area contributed by atoms with Crippen molar-refractivity contribution < 1.29 is 23.9 Å². The number of hydrogen-bond acceptors (Lipinski definition) is 5. The van der Waals surface area contributed by atoms with Crippen LogP contribution in [0.1, 0.15) is 41.4 Å². The van der Waals surface area contributed by atoms with Gasteiger partial charge in [0, 0.05) is 10.6 Å². The summed E-state index contributed by atoms with van der Waals surface area (Å²) in [5.41, 5.74) is 1.10. The Morgan fingerprint density at radius 3 is 2.27 bits per heavy atom. The fourth-order valence-electron chi connectivity index (χ4n) is 3.14. The van der Waals surface area contributed by atoms with Gasteiger partial charge in [0.15, 0.2) is 12.4 Å². The summed E-state index contributed by atoms with van der Waals surface area (Å²) in [5.74, 6) is -2.17. The molecule has 0 fully saturated rings. The average Bonchev–Trinajstić information content (AvgIpc) is 3.02. The number of benzene rings is 3. The number of rotatable bonds is 5. The van der Waals surface area contributed by atoms with Gasteiger partial charge in [0.25, 0.3) is 11.8 Å². The number of carbonyl (C=O) groups excluding carboxylic acids is 4. The van der Waals surface area contributed by atoms with E-state index in [1.165, 1.54) is 24.3 Å². The molecule has 0 radical (unpaired) electrons. The summed E-state index contributed by atoms with van der Waals surface area (Å²) in [6.45, 7) is -0.429. The molecule has 0 aromatic heterocycles. The lowest BCUT2D eigenvalue weighted by Gasteiger charge is -2.13. The summed E-state index contributed by atoms with van der Waals surface area (Å²) >= 11 is 5.96. The van der Waals surface area contributed by atoms with Gasteiger partial charge in [-0.1, -0.05) is 48.0 Å². The van der Waals surface area contributed by atoms with Crippen molar-refractivity contribution in [3.8, 4) is 0 Å². The van der Waals surface area contributed by atoms with Gasteiger partial charge in [-0.05, 0) is 36.4 Å². The number of anilines is 1. The third kappa shape index (κ3) is 3.60. The molecular weight excluding hydrogens is 406 g/mol.